The largest absolute Gasteiger partial charge is 0.477 e. The van der Waals surface area contributed by atoms with Gasteiger partial charge in [0.25, 0.3) is 0 Å². The van der Waals surface area contributed by atoms with Crippen LogP contribution >= 0.6 is 0 Å². The van der Waals surface area contributed by atoms with Crippen LogP contribution in [0.1, 0.15) is 41.5 Å². The van der Waals surface area contributed by atoms with Crippen molar-refractivity contribution in [3.05, 3.63) is 64.1 Å². The molecule has 0 unspecified atom stereocenters. The molecule has 0 bridgehead atoms. The Balaban J connectivity index is 1.67. The van der Waals surface area contributed by atoms with E-state index in [1.807, 2.05) is 13.8 Å². The summed E-state index contributed by atoms with van der Waals surface area (Å²) in [6.45, 7) is 5.73. The molecule has 0 aromatic carbocycles. The van der Waals surface area contributed by atoms with E-state index in [1.54, 1.807) is 60.6 Å². The average molecular weight is 433 g/mol. The number of fused-ring (bicyclic) bond motifs is 1. The number of aromatic nitrogens is 5. The van der Waals surface area contributed by atoms with Crippen LogP contribution in [0.4, 0.5) is 0 Å². The number of ether oxygens (including phenoxy) is 1. The molecule has 9 heteroatoms. The van der Waals surface area contributed by atoms with Crippen molar-refractivity contribution in [3.63, 3.8) is 0 Å². The molecule has 0 aliphatic rings. The van der Waals surface area contributed by atoms with E-state index >= 15 is 0 Å². The lowest BCUT2D eigenvalue weighted by atomic mass is 10.1. The maximum atomic E-state index is 12.4. The molecule has 0 atom stereocenters. The van der Waals surface area contributed by atoms with Crippen LogP contribution in [0.2, 0.25) is 0 Å². The summed E-state index contributed by atoms with van der Waals surface area (Å²) in [6, 6.07) is 7.01. The fourth-order valence-corrected chi connectivity index (χ4v) is 3.67. The molecule has 0 amide bonds. The van der Waals surface area contributed by atoms with E-state index in [2.05, 4.69) is 15.0 Å². The lowest BCUT2D eigenvalue weighted by Gasteiger charge is -2.12. The zero-order valence-electron chi connectivity index (χ0n) is 18.4. The van der Waals surface area contributed by atoms with E-state index < -0.39 is 5.97 Å². The summed E-state index contributed by atoms with van der Waals surface area (Å²) in [5.74, 6) is -0.102. The average Bonchev–Trinajstić information content (AvgIpc) is 2.97. The van der Waals surface area contributed by atoms with Gasteiger partial charge in [0.2, 0.25) is 5.88 Å². The molecule has 0 fully saturated rings. The van der Waals surface area contributed by atoms with E-state index in [0.29, 0.717) is 28.5 Å². The number of carbonyl (C=O) groups is 1. The van der Waals surface area contributed by atoms with Crippen molar-refractivity contribution in [2.75, 3.05) is 0 Å². The van der Waals surface area contributed by atoms with Crippen LogP contribution in [0.5, 0.6) is 11.6 Å². The Labute approximate surface area is 184 Å². The third kappa shape index (κ3) is 3.62. The van der Waals surface area contributed by atoms with Gasteiger partial charge in [0.1, 0.15) is 5.75 Å². The standard InChI is InChI=1S/C23H23N5O4/c1-12(2)19-21-17(27(4)23(31)28(21)5)9-18(26-19)32-15-6-7-16(24-11-15)14-8-13(3)20(22(29)30)25-10-14/h6-12H,1-5H3,(H,29,30). The Morgan fingerprint density at radius 2 is 1.84 bits per heavy atom. The van der Waals surface area contributed by atoms with E-state index in [9.17, 15) is 9.59 Å². The number of aryl methyl sites for hydroxylation is 3. The Hall–Kier alpha value is -4.01. The van der Waals surface area contributed by atoms with Crippen LogP contribution in [0.3, 0.4) is 0 Å². The minimum Gasteiger partial charge on any atom is -0.477 e. The SMILES string of the molecule is Cc1cc(-c2ccc(Oc3cc4c(c(C(C)C)n3)n(C)c(=O)n4C)cn2)cnc1C(=O)O. The molecular formula is C23H23N5O4. The fourth-order valence-electron chi connectivity index (χ4n) is 3.67. The Kier molecular flexibility index (Phi) is 5.25. The quantitative estimate of drug-likeness (QED) is 0.511. The highest BCUT2D eigenvalue weighted by molar-refractivity contribution is 5.87. The predicted octanol–water partition coefficient (Wildman–Crippen LogP) is 3.65. The van der Waals surface area contributed by atoms with E-state index in [0.717, 1.165) is 16.7 Å². The first-order chi connectivity index (χ1) is 15.2. The third-order valence-corrected chi connectivity index (χ3v) is 5.33. The molecule has 0 spiro atoms. The van der Waals surface area contributed by atoms with Gasteiger partial charge in [0.05, 0.1) is 28.6 Å². The second-order valence-electron chi connectivity index (χ2n) is 7.94. The van der Waals surface area contributed by atoms with Gasteiger partial charge in [-0.1, -0.05) is 13.8 Å². The first-order valence-electron chi connectivity index (χ1n) is 10.1. The zero-order chi connectivity index (χ0) is 23.2. The van der Waals surface area contributed by atoms with Gasteiger partial charge in [0, 0.05) is 31.9 Å². The molecule has 9 nitrogen and oxygen atoms in total. The number of carboxylic acids is 1. The number of imidazole rings is 1. The molecule has 1 N–H and O–H groups in total. The normalized spacial score (nSPS) is 11.3. The van der Waals surface area contributed by atoms with Crippen molar-refractivity contribution < 1.29 is 14.6 Å². The van der Waals surface area contributed by atoms with Crippen LogP contribution in [0.15, 0.2) is 41.5 Å². The topological polar surface area (TPSA) is 112 Å². The molecule has 0 aliphatic carbocycles. The van der Waals surface area contributed by atoms with Gasteiger partial charge in [-0.2, -0.15) is 0 Å². The van der Waals surface area contributed by atoms with Crippen LogP contribution < -0.4 is 10.4 Å². The number of rotatable bonds is 5. The summed E-state index contributed by atoms with van der Waals surface area (Å²) < 4.78 is 9.13. The van der Waals surface area contributed by atoms with Gasteiger partial charge in [0.15, 0.2) is 5.69 Å². The van der Waals surface area contributed by atoms with Crippen molar-refractivity contribution in [1.82, 2.24) is 24.1 Å². The molecule has 4 aromatic heterocycles. The first kappa shape index (κ1) is 21.2. The second-order valence-corrected chi connectivity index (χ2v) is 7.94. The molecular weight excluding hydrogens is 410 g/mol. The molecule has 0 saturated carbocycles. The monoisotopic (exact) mass is 433 g/mol. The minimum absolute atomic E-state index is 0.0199. The maximum Gasteiger partial charge on any atom is 0.354 e. The minimum atomic E-state index is -1.06. The van der Waals surface area contributed by atoms with E-state index in [1.165, 1.54) is 6.20 Å². The Morgan fingerprint density at radius 1 is 1.09 bits per heavy atom. The Bertz CT molecular complexity index is 1400. The molecule has 0 aliphatic heterocycles. The molecule has 4 heterocycles. The number of aromatic carboxylic acids is 1. The van der Waals surface area contributed by atoms with Gasteiger partial charge in [-0.05, 0) is 36.6 Å². The lowest BCUT2D eigenvalue weighted by Crippen LogP contribution is -2.19. The van der Waals surface area contributed by atoms with Crippen molar-refractivity contribution >= 4 is 17.0 Å². The van der Waals surface area contributed by atoms with Crippen molar-refractivity contribution in [1.29, 1.82) is 0 Å². The summed E-state index contributed by atoms with van der Waals surface area (Å²) in [6.07, 6.45) is 3.06. The Morgan fingerprint density at radius 3 is 2.44 bits per heavy atom. The van der Waals surface area contributed by atoms with Crippen LogP contribution in [0, 0.1) is 6.92 Å². The fraction of sp³-hybridized carbons (Fsp3) is 0.261. The number of pyridine rings is 3. The van der Waals surface area contributed by atoms with Crippen LogP contribution in [0.25, 0.3) is 22.3 Å². The summed E-state index contributed by atoms with van der Waals surface area (Å²) >= 11 is 0. The lowest BCUT2D eigenvalue weighted by molar-refractivity contribution is 0.0689. The molecule has 0 radical (unpaired) electrons. The molecule has 164 valence electrons. The second kappa shape index (κ2) is 7.92. The van der Waals surface area contributed by atoms with Crippen LogP contribution in [-0.2, 0) is 14.1 Å². The highest BCUT2D eigenvalue weighted by Gasteiger charge is 2.18. The van der Waals surface area contributed by atoms with Gasteiger partial charge in [-0.15, -0.1) is 0 Å². The summed E-state index contributed by atoms with van der Waals surface area (Å²) in [5.41, 5.74) is 4.13. The van der Waals surface area contributed by atoms with Gasteiger partial charge >= 0.3 is 11.7 Å². The van der Waals surface area contributed by atoms with Crippen molar-refractivity contribution in [2.24, 2.45) is 14.1 Å². The number of hydrogen-bond acceptors (Lipinski definition) is 6. The molecule has 4 rings (SSSR count). The van der Waals surface area contributed by atoms with Gasteiger partial charge in [-0.25, -0.2) is 19.6 Å². The molecule has 0 saturated heterocycles. The highest BCUT2D eigenvalue weighted by atomic mass is 16.5. The number of nitrogens with zero attached hydrogens (tertiary/aromatic N) is 5. The van der Waals surface area contributed by atoms with E-state index in [-0.39, 0.29) is 17.3 Å². The maximum absolute atomic E-state index is 12.4. The van der Waals surface area contributed by atoms with Gasteiger partial charge < -0.3 is 9.84 Å². The first-order valence-corrected chi connectivity index (χ1v) is 10.1. The summed E-state index contributed by atoms with van der Waals surface area (Å²) in [7, 11) is 3.46. The zero-order valence-corrected chi connectivity index (χ0v) is 18.4. The molecule has 4 aromatic rings. The van der Waals surface area contributed by atoms with E-state index in [4.69, 9.17) is 9.84 Å². The molecule has 32 heavy (non-hydrogen) atoms. The number of carboxylic acid groups (broad SMARTS) is 1. The predicted molar refractivity (Wildman–Crippen MR) is 119 cm³/mol. The summed E-state index contributed by atoms with van der Waals surface area (Å²) in [5, 5.41) is 9.14. The van der Waals surface area contributed by atoms with Crippen LogP contribution in [-0.4, -0.2) is 35.2 Å². The third-order valence-electron chi connectivity index (χ3n) is 5.33. The highest BCUT2D eigenvalue weighted by Crippen LogP contribution is 2.29. The van der Waals surface area contributed by atoms with Gasteiger partial charge in [-0.3, -0.25) is 14.1 Å². The van der Waals surface area contributed by atoms with Crippen molar-refractivity contribution in [3.8, 4) is 22.9 Å². The summed E-state index contributed by atoms with van der Waals surface area (Å²) in [4.78, 5) is 36.6. The van der Waals surface area contributed by atoms with Crippen molar-refractivity contribution in [2.45, 2.75) is 26.7 Å². The number of hydrogen-bond donors (Lipinski definition) is 1. The smallest absolute Gasteiger partial charge is 0.354 e.